The predicted molar refractivity (Wildman–Crippen MR) is 141 cm³/mol. The molecule has 0 spiro atoms. The molecule has 0 saturated heterocycles. The number of para-hydroxylation sites is 2. The first-order chi connectivity index (χ1) is 16.9. The number of anilines is 3. The Morgan fingerprint density at radius 3 is 1.62 bits per heavy atom. The van der Waals surface area contributed by atoms with Crippen molar-refractivity contribution in [1.29, 1.82) is 0 Å². The van der Waals surface area contributed by atoms with E-state index < -0.39 is 0 Å². The average molecular weight is 438 g/mol. The molecule has 3 heteroatoms. The SMILES string of the molecule is c1ccc(-c2c(-c3ccc(N(c4ccccc4)c4ccccc4)cc3)nc3ccccn23)cc1. The van der Waals surface area contributed by atoms with Crippen LogP contribution < -0.4 is 4.90 Å². The topological polar surface area (TPSA) is 20.5 Å². The smallest absolute Gasteiger partial charge is 0.137 e. The molecular weight excluding hydrogens is 414 g/mol. The van der Waals surface area contributed by atoms with Gasteiger partial charge in [0.25, 0.3) is 0 Å². The summed E-state index contributed by atoms with van der Waals surface area (Å²) in [7, 11) is 0. The van der Waals surface area contributed by atoms with Gasteiger partial charge < -0.3 is 4.90 Å². The third kappa shape index (κ3) is 3.63. The number of benzene rings is 4. The molecule has 0 N–H and O–H groups in total. The van der Waals surface area contributed by atoms with Crippen molar-refractivity contribution in [1.82, 2.24) is 9.38 Å². The van der Waals surface area contributed by atoms with Crippen molar-refractivity contribution >= 4 is 22.7 Å². The largest absolute Gasteiger partial charge is 0.311 e. The van der Waals surface area contributed by atoms with Crippen LogP contribution in [0.15, 0.2) is 140 Å². The zero-order chi connectivity index (χ0) is 22.7. The van der Waals surface area contributed by atoms with Gasteiger partial charge in [0, 0.05) is 34.4 Å². The average Bonchev–Trinajstić information content (AvgIpc) is 3.31. The van der Waals surface area contributed by atoms with Crippen LogP contribution in [0.4, 0.5) is 17.1 Å². The third-order valence-electron chi connectivity index (χ3n) is 6.00. The minimum absolute atomic E-state index is 0.940. The Morgan fingerprint density at radius 2 is 1.00 bits per heavy atom. The summed E-state index contributed by atoms with van der Waals surface area (Å²) in [5.41, 5.74) is 8.62. The summed E-state index contributed by atoms with van der Waals surface area (Å²) in [6, 6.07) is 46.2. The molecule has 0 aliphatic heterocycles. The maximum absolute atomic E-state index is 5.00. The Morgan fingerprint density at radius 1 is 0.471 bits per heavy atom. The Bertz CT molecular complexity index is 1480. The summed E-state index contributed by atoms with van der Waals surface area (Å²) in [6.07, 6.45) is 2.08. The quantitative estimate of drug-likeness (QED) is 0.271. The minimum atomic E-state index is 0.940. The highest BCUT2D eigenvalue weighted by Crippen LogP contribution is 2.37. The van der Waals surface area contributed by atoms with Crippen molar-refractivity contribution in [3.05, 3.63) is 140 Å². The molecule has 0 unspecified atom stereocenters. The van der Waals surface area contributed by atoms with E-state index in [1.807, 2.05) is 30.3 Å². The minimum Gasteiger partial charge on any atom is -0.311 e. The molecule has 0 bridgehead atoms. The lowest BCUT2D eigenvalue weighted by Gasteiger charge is -2.25. The van der Waals surface area contributed by atoms with Crippen molar-refractivity contribution in [2.45, 2.75) is 0 Å². The van der Waals surface area contributed by atoms with Gasteiger partial charge in [0.2, 0.25) is 0 Å². The van der Waals surface area contributed by atoms with E-state index in [-0.39, 0.29) is 0 Å². The Labute approximate surface area is 199 Å². The summed E-state index contributed by atoms with van der Waals surface area (Å²) in [6.45, 7) is 0. The number of hydrogen-bond donors (Lipinski definition) is 0. The first-order valence-electron chi connectivity index (χ1n) is 11.4. The molecule has 3 nitrogen and oxygen atoms in total. The summed E-state index contributed by atoms with van der Waals surface area (Å²) < 4.78 is 2.17. The van der Waals surface area contributed by atoms with Crippen LogP contribution in [-0.4, -0.2) is 9.38 Å². The van der Waals surface area contributed by atoms with Crippen molar-refractivity contribution < 1.29 is 0 Å². The number of fused-ring (bicyclic) bond motifs is 1. The number of aromatic nitrogens is 2. The lowest BCUT2D eigenvalue weighted by Crippen LogP contribution is -2.09. The van der Waals surface area contributed by atoms with Gasteiger partial charge >= 0.3 is 0 Å². The first kappa shape index (κ1) is 20.0. The zero-order valence-corrected chi connectivity index (χ0v) is 18.6. The molecule has 0 radical (unpaired) electrons. The number of hydrogen-bond acceptors (Lipinski definition) is 2. The van der Waals surface area contributed by atoms with Gasteiger partial charge in [-0.3, -0.25) is 4.40 Å². The van der Waals surface area contributed by atoms with Gasteiger partial charge in [0.05, 0.1) is 11.4 Å². The van der Waals surface area contributed by atoms with Crippen LogP contribution in [0.3, 0.4) is 0 Å². The van der Waals surface area contributed by atoms with E-state index in [1.165, 1.54) is 0 Å². The van der Waals surface area contributed by atoms with E-state index in [2.05, 4.69) is 119 Å². The normalized spacial score (nSPS) is 10.9. The molecule has 34 heavy (non-hydrogen) atoms. The molecule has 0 aliphatic carbocycles. The van der Waals surface area contributed by atoms with Gasteiger partial charge in [-0.1, -0.05) is 84.9 Å². The number of imidazole rings is 1. The maximum Gasteiger partial charge on any atom is 0.137 e. The zero-order valence-electron chi connectivity index (χ0n) is 18.6. The van der Waals surface area contributed by atoms with Gasteiger partial charge in [-0.15, -0.1) is 0 Å². The van der Waals surface area contributed by atoms with E-state index in [9.17, 15) is 0 Å². The highest BCUT2D eigenvalue weighted by molar-refractivity contribution is 5.84. The van der Waals surface area contributed by atoms with Crippen LogP contribution in [-0.2, 0) is 0 Å². The lowest BCUT2D eigenvalue weighted by molar-refractivity contribution is 1.19. The molecule has 0 atom stereocenters. The Kier molecular flexibility index (Phi) is 5.13. The highest BCUT2D eigenvalue weighted by Gasteiger charge is 2.17. The molecule has 2 aromatic heterocycles. The molecule has 2 heterocycles. The van der Waals surface area contributed by atoms with Gasteiger partial charge in [-0.25, -0.2) is 4.98 Å². The maximum atomic E-state index is 5.00. The Balaban J connectivity index is 1.47. The number of rotatable bonds is 5. The van der Waals surface area contributed by atoms with E-state index in [1.54, 1.807) is 0 Å². The van der Waals surface area contributed by atoms with Crippen molar-refractivity contribution in [2.75, 3.05) is 4.90 Å². The fourth-order valence-corrected chi connectivity index (χ4v) is 4.44. The monoisotopic (exact) mass is 437 g/mol. The number of nitrogens with zero attached hydrogens (tertiary/aromatic N) is 3. The molecule has 0 saturated carbocycles. The molecular formula is C31H23N3. The van der Waals surface area contributed by atoms with Crippen LogP contribution in [0.5, 0.6) is 0 Å². The van der Waals surface area contributed by atoms with Gasteiger partial charge in [0.15, 0.2) is 0 Å². The van der Waals surface area contributed by atoms with Crippen molar-refractivity contribution in [2.24, 2.45) is 0 Å². The van der Waals surface area contributed by atoms with Gasteiger partial charge in [0.1, 0.15) is 5.65 Å². The van der Waals surface area contributed by atoms with Gasteiger partial charge in [-0.05, 0) is 48.5 Å². The third-order valence-corrected chi connectivity index (χ3v) is 6.00. The van der Waals surface area contributed by atoms with Crippen LogP contribution in [0, 0.1) is 0 Å². The lowest BCUT2D eigenvalue weighted by atomic mass is 10.0. The highest BCUT2D eigenvalue weighted by atomic mass is 15.1. The molecule has 0 fully saturated rings. The van der Waals surface area contributed by atoms with Crippen molar-refractivity contribution in [3.8, 4) is 22.5 Å². The molecule has 0 aliphatic rings. The second kappa shape index (κ2) is 8.72. The molecule has 4 aromatic carbocycles. The Hall–Kier alpha value is -4.63. The van der Waals surface area contributed by atoms with Crippen LogP contribution in [0.25, 0.3) is 28.2 Å². The van der Waals surface area contributed by atoms with E-state index >= 15 is 0 Å². The molecule has 0 amide bonds. The fourth-order valence-electron chi connectivity index (χ4n) is 4.44. The summed E-state index contributed by atoms with van der Waals surface area (Å²) in [5.74, 6) is 0. The summed E-state index contributed by atoms with van der Waals surface area (Å²) in [4.78, 5) is 7.27. The molecule has 6 rings (SSSR count). The van der Waals surface area contributed by atoms with E-state index in [4.69, 9.17) is 4.98 Å². The van der Waals surface area contributed by atoms with Crippen LogP contribution in [0.1, 0.15) is 0 Å². The van der Waals surface area contributed by atoms with Crippen LogP contribution in [0.2, 0.25) is 0 Å². The second-order valence-electron chi connectivity index (χ2n) is 8.16. The summed E-state index contributed by atoms with van der Waals surface area (Å²) in [5, 5.41) is 0. The molecule has 162 valence electrons. The fraction of sp³-hybridized carbons (Fsp3) is 0. The van der Waals surface area contributed by atoms with Gasteiger partial charge in [-0.2, -0.15) is 0 Å². The predicted octanol–water partition coefficient (Wildman–Crippen LogP) is 8.14. The number of pyridine rings is 1. The van der Waals surface area contributed by atoms with E-state index in [0.717, 1.165) is 45.2 Å². The first-order valence-corrected chi connectivity index (χ1v) is 11.4. The van der Waals surface area contributed by atoms with Crippen LogP contribution >= 0.6 is 0 Å². The molecule has 6 aromatic rings. The second-order valence-corrected chi connectivity index (χ2v) is 8.16. The summed E-state index contributed by atoms with van der Waals surface area (Å²) >= 11 is 0. The van der Waals surface area contributed by atoms with Crippen molar-refractivity contribution in [3.63, 3.8) is 0 Å². The standard InChI is InChI=1S/C31H23N3/c1-4-12-25(13-5-1)31-30(32-29-18-10-11-23-33(29)31)24-19-21-28(22-20-24)34(26-14-6-2-7-15-26)27-16-8-3-9-17-27/h1-23H. The van der Waals surface area contributed by atoms with E-state index in [0.29, 0.717) is 0 Å².